The molecule has 1 aromatic rings. The highest BCUT2D eigenvalue weighted by Crippen LogP contribution is 2.26. The molecule has 1 unspecified atom stereocenters. The Balaban J connectivity index is 1.78. The molecule has 1 aromatic carbocycles. The van der Waals surface area contributed by atoms with Gasteiger partial charge in [-0.2, -0.15) is 0 Å². The fourth-order valence-electron chi connectivity index (χ4n) is 3.64. The number of methoxy groups -OCH3 is 1. The average molecular weight is 448 g/mol. The Kier molecular flexibility index (Phi) is 8.98. The highest BCUT2D eigenvalue weighted by atomic mass is 16.7. The van der Waals surface area contributed by atoms with Crippen LogP contribution in [0.15, 0.2) is 24.3 Å². The molecule has 0 radical (unpaired) electrons. The van der Waals surface area contributed by atoms with Crippen molar-refractivity contribution >= 4 is 17.7 Å². The summed E-state index contributed by atoms with van der Waals surface area (Å²) in [6.07, 6.45) is 3.09. The zero-order valence-corrected chi connectivity index (χ0v) is 20.2. The number of Topliss-reactive ketones (excluding diaryl/α,β-unsaturated/α-hetero) is 1. The van der Waals surface area contributed by atoms with Crippen molar-refractivity contribution < 1.29 is 28.6 Å². The van der Waals surface area contributed by atoms with Crippen molar-refractivity contribution in [3.63, 3.8) is 0 Å². The molecule has 1 aliphatic rings. The van der Waals surface area contributed by atoms with Crippen LogP contribution >= 0.6 is 0 Å². The topological polar surface area (TPSA) is 90.9 Å². The van der Waals surface area contributed by atoms with E-state index in [9.17, 15) is 14.4 Å². The SMILES string of the molecule is COC(=O)[C@]1(C)OC[C@H](CCCCC(NC(=O)c2ccc(C(C)(C)C)cc2)C(C)=O)CO1. The number of unbranched alkanes of at least 4 members (excludes halogenated alkanes) is 1. The van der Waals surface area contributed by atoms with Crippen LogP contribution in [0.2, 0.25) is 0 Å². The second-order valence-electron chi connectivity index (χ2n) is 9.67. The molecule has 1 atom stereocenters. The maximum absolute atomic E-state index is 12.6. The number of ether oxygens (including phenoxy) is 3. The molecule has 1 N–H and O–H groups in total. The number of rotatable bonds is 9. The molecule has 0 spiro atoms. The molecule has 32 heavy (non-hydrogen) atoms. The van der Waals surface area contributed by atoms with Gasteiger partial charge in [-0.05, 0) is 42.9 Å². The second-order valence-corrected chi connectivity index (χ2v) is 9.67. The zero-order valence-electron chi connectivity index (χ0n) is 20.2. The van der Waals surface area contributed by atoms with Gasteiger partial charge in [0.05, 0.1) is 26.4 Å². The van der Waals surface area contributed by atoms with Crippen molar-refractivity contribution in [1.29, 1.82) is 0 Å². The summed E-state index contributed by atoms with van der Waals surface area (Å²) in [5.74, 6) is -1.98. The van der Waals surface area contributed by atoms with E-state index in [-0.39, 0.29) is 23.0 Å². The Bertz CT molecular complexity index is 788. The van der Waals surface area contributed by atoms with Crippen LogP contribution in [0.1, 0.15) is 76.2 Å². The molecule has 7 nitrogen and oxygen atoms in total. The molecule has 1 aliphatic heterocycles. The van der Waals surface area contributed by atoms with Crippen LogP contribution in [0.25, 0.3) is 0 Å². The fourth-order valence-corrected chi connectivity index (χ4v) is 3.64. The lowest BCUT2D eigenvalue weighted by Gasteiger charge is -2.35. The van der Waals surface area contributed by atoms with Gasteiger partial charge in [0.15, 0.2) is 5.78 Å². The Labute approximate surface area is 191 Å². The van der Waals surface area contributed by atoms with Gasteiger partial charge in [0.2, 0.25) is 0 Å². The normalized spacial score (nSPS) is 22.1. The first-order chi connectivity index (χ1) is 15.0. The number of hydrogen-bond donors (Lipinski definition) is 1. The third kappa shape index (κ3) is 7.14. The summed E-state index contributed by atoms with van der Waals surface area (Å²) in [4.78, 5) is 36.4. The lowest BCUT2D eigenvalue weighted by molar-refractivity contribution is -0.272. The van der Waals surface area contributed by atoms with E-state index >= 15 is 0 Å². The van der Waals surface area contributed by atoms with E-state index in [0.717, 1.165) is 24.8 Å². The molecule has 7 heteroatoms. The van der Waals surface area contributed by atoms with Crippen LogP contribution in [-0.2, 0) is 29.2 Å². The Morgan fingerprint density at radius 1 is 1.12 bits per heavy atom. The van der Waals surface area contributed by atoms with Crippen LogP contribution in [-0.4, -0.2) is 49.8 Å². The van der Waals surface area contributed by atoms with E-state index in [1.807, 2.05) is 12.1 Å². The molecule has 1 saturated heterocycles. The van der Waals surface area contributed by atoms with E-state index in [4.69, 9.17) is 14.2 Å². The van der Waals surface area contributed by atoms with Gasteiger partial charge in [0, 0.05) is 18.4 Å². The van der Waals surface area contributed by atoms with Gasteiger partial charge in [0.1, 0.15) is 0 Å². The molecule has 0 aromatic heterocycles. The van der Waals surface area contributed by atoms with Crippen molar-refractivity contribution in [2.24, 2.45) is 5.92 Å². The summed E-state index contributed by atoms with van der Waals surface area (Å²) < 4.78 is 15.8. The highest BCUT2D eigenvalue weighted by Gasteiger charge is 2.41. The van der Waals surface area contributed by atoms with Crippen molar-refractivity contribution in [1.82, 2.24) is 5.32 Å². The summed E-state index contributed by atoms with van der Waals surface area (Å²) in [7, 11) is 1.30. The third-order valence-electron chi connectivity index (χ3n) is 5.91. The summed E-state index contributed by atoms with van der Waals surface area (Å²) in [6, 6.07) is 7.01. The van der Waals surface area contributed by atoms with Gasteiger partial charge < -0.3 is 19.5 Å². The molecular formula is C25H37NO6. The predicted molar refractivity (Wildman–Crippen MR) is 121 cm³/mol. The molecular weight excluding hydrogens is 410 g/mol. The summed E-state index contributed by atoms with van der Waals surface area (Å²) in [6.45, 7) is 10.3. The van der Waals surface area contributed by atoms with Crippen molar-refractivity contribution in [2.75, 3.05) is 20.3 Å². The highest BCUT2D eigenvalue weighted by molar-refractivity contribution is 5.97. The van der Waals surface area contributed by atoms with E-state index in [1.165, 1.54) is 14.0 Å². The molecule has 178 valence electrons. The first-order valence-electron chi connectivity index (χ1n) is 11.2. The first-order valence-corrected chi connectivity index (χ1v) is 11.2. The minimum atomic E-state index is -1.33. The number of nitrogens with one attached hydrogen (secondary N) is 1. The van der Waals surface area contributed by atoms with Gasteiger partial charge in [0.25, 0.3) is 11.7 Å². The van der Waals surface area contributed by atoms with Crippen LogP contribution in [0.5, 0.6) is 0 Å². The number of hydrogen-bond acceptors (Lipinski definition) is 6. The first kappa shape index (κ1) is 26.0. The number of carbonyl (C=O) groups is 3. The van der Waals surface area contributed by atoms with Gasteiger partial charge >= 0.3 is 5.97 Å². The number of benzene rings is 1. The maximum Gasteiger partial charge on any atom is 0.366 e. The molecule has 0 bridgehead atoms. The fraction of sp³-hybridized carbons (Fsp3) is 0.640. The van der Waals surface area contributed by atoms with Crippen LogP contribution in [0.3, 0.4) is 0 Å². The number of carbonyl (C=O) groups excluding carboxylic acids is 3. The third-order valence-corrected chi connectivity index (χ3v) is 5.91. The molecule has 0 saturated carbocycles. The van der Waals surface area contributed by atoms with Crippen molar-refractivity contribution in [3.05, 3.63) is 35.4 Å². The standard InChI is InChI=1S/C25H37NO6/c1-17(27)21(26-22(28)19-11-13-20(14-12-19)24(2,3)4)10-8-7-9-18-15-31-25(5,32-16-18)23(29)30-6/h11-14,18,21H,7-10,15-16H2,1-6H3,(H,26,28)/t18-,21?,25+. The molecule has 2 rings (SSSR count). The molecule has 0 aliphatic carbocycles. The lowest BCUT2D eigenvalue weighted by Crippen LogP contribution is -2.48. The van der Waals surface area contributed by atoms with E-state index in [0.29, 0.717) is 25.2 Å². The summed E-state index contributed by atoms with van der Waals surface area (Å²) >= 11 is 0. The number of amides is 1. The maximum atomic E-state index is 12.6. The van der Waals surface area contributed by atoms with E-state index < -0.39 is 17.8 Å². The predicted octanol–water partition coefficient (Wildman–Crippen LogP) is 3.78. The number of ketones is 1. The Morgan fingerprint density at radius 3 is 2.22 bits per heavy atom. The minimum absolute atomic E-state index is 0.0171. The molecule has 1 amide bonds. The smallest absolute Gasteiger partial charge is 0.366 e. The lowest BCUT2D eigenvalue weighted by atomic mass is 9.86. The Hall–Kier alpha value is -2.25. The number of esters is 1. The minimum Gasteiger partial charge on any atom is -0.465 e. The van der Waals surface area contributed by atoms with Crippen LogP contribution in [0.4, 0.5) is 0 Å². The van der Waals surface area contributed by atoms with Crippen LogP contribution < -0.4 is 5.32 Å². The largest absolute Gasteiger partial charge is 0.465 e. The second kappa shape index (κ2) is 11.1. The molecule has 1 heterocycles. The van der Waals surface area contributed by atoms with E-state index in [2.05, 4.69) is 26.1 Å². The zero-order chi connectivity index (χ0) is 23.9. The monoisotopic (exact) mass is 447 g/mol. The van der Waals surface area contributed by atoms with Gasteiger partial charge in [-0.3, -0.25) is 9.59 Å². The Morgan fingerprint density at radius 2 is 1.72 bits per heavy atom. The summed E-state index contributed by atoms with van der Waals surface area (Å²) in [5, 5.41) is 2.87. The van der Waals surface area contributed by atoms with Gasteiger partial charge in [-0.25, -0.2) is 4.79 Å². The van der Waals surface area contributed by atoms with Crippen molar-refractivity contribution in [3.8, 4) is 0 Å². The summed E-state index contributed by atoms with van der Waals surface area (Å²) in [5.41, 5.74) is 1.72. The average Bonchev–Trinajstić information content (AvgIpc) is 2.75. The quantitative estimate of drug-likeness (QED) is 0.458. The van der Waals surface area contributed by atoms with Crippen molar-refractivity contribution in [2.45, 2.75) is 77.5 Å². The van der Waals surface area contributed by atoms with Gasteiger partial charge in [-0.1, -0.05) is 45.7 Å². The van der Waals surface area contributed by atoms with Gasteiger partial charge in [-0.15, -0.1) is 0 Å². The van der Waals surface area contributed by atoms with Crippen LogP contribution in [0, 0.1) is 5.92 Å². The van der Waals surface area contributed by atoms with E-state index in [1.54, 1.807) is 19.1 Å². The molecule has 1 fully saturated rings.